The van der Waals surface area contributed by atoms with Crippen molar-refractivity contribution in [2.45, 2.75) is 26.3 Å². The summed E-state index contributed by atoms with van der Waals surface area (Å²) in [6, 6.07) is 9.69. The molecule has 0 aliphatic carbocycles. The number of carbonyl (C=O) groups is 1. The number of methoxy groups -OCH3 is 3. The highest BCUT2D eigenvalue weighted by molar-refractivity contribution is 6.08. The Morgan fingerprint density at radius 1 is 1.04 bits per heavy atom. The van der Waals surface area contributed by atoms with Gasteiger partial charge in [0.15, 0.2) is 11.5 Å². The summed E-state index contributed by atoms with van der Waals surface area (Å²) in [6.45, 7) is 4.12. The van der Waals surface area contributed by atoms with Crippen molar-refractivity contribution in [3.63, 3.8) is 0 Å². The number of hydrogen-bond donors (Lipinski definition) is 0. The summed E-state index contributed by atoms with van der Waals surface area (Å²) in [5.41, 5.74) is 3.88. The Kier molecular flexibility index (Phi) is 4.57. The zero-order valence-electron chi connectivity index (χ0n) is 15.3. The van der Waals surface area contributed by atoms with Crippen LogP contribution in [0.5, 0.6) is 17.2 Å². The van der Waals surface area contributed by atoms with Gasteiger partial charge in [0.05, 0.1) is 21.3 Å². The van der Waals surface area contributed by atoms with Crippen LogP contribution in [0.2, 0.25) is 0 Å². The fourth-order valence-electron chi connectivity index (χ4n) is 3.41. The maximum absolute atomic E-state index is 13.2. The van der Waals surface area contributed by atoms with Crippen molar-refractivity contribution in [2.75, 3.05) is 26.2 Å². The number of hydrogen-bond acceptors (Lipinski definition) is 4. The number of benzene rings is 2. The Balaban J connectivity index is 2.05. The number of anilines is 1. The molecule has 3 rings (SSSR count). The van der Waals surface area contributed by atoms with Crippen LogP contribution in [0.1, 0.15) is 28.4 Å². The molecule has 0 bridgehead atoms. The molecule has 5 nitrogen and oxygen atoms in total. The van der Waals surface area contributed by atoms with Crippen LogP contribution in [0.4, 0.5) is 5.69 Å². The first-order chi connectivity index (χ1) is 12.0. The molecule has 1 aliphatic heterocycles. The monoisotopic (exact) mass is 341 g/mol. The minimum Gasteiger partial charge on any atom is -0.493 e. The second kappa shape index (κ2) is 6.67. The predicted octanol–water partition coefficient (Wildman–Crippen LogP) is 3.61. The van der Waals surface area contributed by atoms with E-state index in [0.717, 1.165) is 12.1 Å². The van der Waals surface area contributed by atoms with Crippen LogP contribution in [0.25, 0.3) is 0 Å². The van der Waals surface area contributed by atoms with Gasteiger partial charge in [0.1, 0.15) is 0 Å². The van der Waals surface area contributed by atoms with Crippen molar-refractivity contribution < 1.29 is 19.0 Å². The molecule has 25 heavy (non-hydrogen) atoms. The molecular formula is C20H23NO4. The van der Waals surface area contributed by atoms with Crippen molar-refractivity contribution >= 4 is 11.6 Å². The molecule has 1 aliphatic rings. The summed E-state index contributed by atoms with van der Waals surface area (Å²) in [5, 5.41) is 0. The Morgan fingerprint density at radius 3 is 2.24 bits per heavy atom. The van der Waals surface area contributed by atoms with E-state index < -0.39 is 0 Å². The first-order valence-corrected chi connectivity index (χ1v) is 8.23. The maximum Gasteiger partial charge on any atom is 0.258 e. The number of aryl methyl sites for hydroxylation is 1. The van der Waals surface area contributed by atoms with Crippen LogP contribution in [-0.4, -0.2) is 33.3 Å². The van der Waals surface area contributed by atoms with E-state index in [-0.39, 0.29) is 11.9 Å². The zero-order valence-corrected chi connectivity index (χ0v) is 15.3. The van der Waals surface area contributed by atoms with Crippen molar-refractivity contribution in [1.82, 2.24) is 0 Å². The normalized spacial score (nSPS) is 15.7. The fourth-order valence-corrected chi connectivity index (χ4v) is 3.41. The molecular weight excluding hydrogens is 318 g/mol. The van der Waals surface area contributed by atoms with E-state index in [9.17, 15) is 4.79 Å². The van der Waals surface area contributed by atoms with Crippen LogP contribution in [0, 0.1) is 6.92 Å². The maximum atomic E-state index is 13.2. The third kappa shape index (κ3) is 2.90. The van der Waals surface area contributed by atoms with Crippen LogP contribution >= 0.6 is 0 Å². The standard InChI is InChI=1S/C20H23NO4/c1-12-6-7-16-14(8-12)9-13(2)21(16)20(22)15-10-17(23-3)19(25-5)18(11-15)24-4/h6-8,10-11,13H,9H2,1-5H3. The van der Waals surface area contributed by atoms with Gasteiger partial charge in [0, 0.05) is 17.3 Å². The van der Waals surface area contributed by atoms with E-state index in [2.05, 4.69) is 19.9 Å². The lowest BCUT2D eigenvalue weighted by molar-refractivity contribution is 0.0980. The van der Waals surface area contributed by atoms with E-state index >= 15 is 0 Å². The fraction of sp³-hybridized carbons (Fsp3) is 0.350. The van der Waals surface area contributed by atoms with Gasteiger partial charge in [0.25, 0.3) is 5.91 Å². The number of ether oxygens (including phenoxy) is 3. The lowest BCUT2D eigenvalue weighted by atomic mass is 10.1. The van der Waals surface area contributed by atoms with E-state index in [4.69, 9.17) is 14.2 Å². The Bertz CT molecular complexity index is 790. The van der Waals surface area contributed by atoms with E-state index in [1.54, 1.807) is 33.5 Å². The number of amides is 1. The third-order valence-corrected chi connectivity index (χ3v) is 4.58. The average molecular weight is 341 g/mol. The van der Waals surface area contributed by atoms with Gasteiger partial charge in [-0.2, -0.15) is 0 Å². The quantitative estimate of drug-likeness (QED) is 0.852. The van der Waals surface area contributed by atoms with Gasteiger partial charge in [0.2, 0.25) is 5.75 Å². The van der Waals surface area contributed by atoms with Crippen LogP contribution < -0.4 is 19.1 Å². The lowest BCUT2D eigenvalue weighted by Crippen LogP contribution is -2.35. The first-order valence-electron chi connectivity index (χ1n) is 8.23. The molecule has 1 atom stereocenters. The van der Waals surface area contributed by atoms with Gasteiger partial charge in [-0.3, -0.25) is 4.79 Å². The van der Waals surface area contributed by atoms with Gasteiger partial charge in [-0.05, 0) is 44.0 Å². The SMILES string of the molecule is COc1cc(C(=O)N2c3ccc(C)cc3CC2C)cc(OC)c1OC. The van der Waals surface area contributed by atoms with E-state index in [1.165, 1.54) is 11.1 Å². The van der Waals surface area contributed by atoms with Crippen molar-refractivity contribution in [1.29, 1.82) is 0 Å². The molecule has 2 aromatic carbocycles. The van der Waals surface area contributed by atoms with Gasteiger partial charge in [-0.25, -0.2) is 0 Å². The molecule has 1 heterocycles. The van der Waals surface area contributed by atoms with Gasteiger partial charge < -0.3 is 19.1 Å². The first kappa shape index (κ1) is 17.1. The highest BCUT2D eigenvalue weighted by atomic mass is 16.5. The Morgan fingerprint density at radius 2 is 1.68 bits per heavy atom. The highest BCUT2D eigenvalue weighted by Gasteiger charge is 2.32. The number of fused-ring (bicyclic) bond motifs is 1. The summed E-state index contributed by atoms with van der Waals surface area (Å²) >= 11 is 0. The second-order valence-corrected chi connectivity index (χ2v) is 6.27. The smallest absolute Gasteiger partial charge is 0.258 e. The molecule has 0 radical (unpaired) electrons. The number of nitrogens with zero attached hydrogens (tertiary/aromatic N) is 1. The van der Waals surface area contributed by atoms with Crippen molar-refractivity contribution in [3.05, 3.63) is 47.0 Å². The summed E-state index contributed by atoms with van der Waals surface area (Å²) in [4.78, 5) is 15.1. The second-order valence-electron chi connectivity index (χ2n) is 6.27. The summed E-state index contributed by atoms with van der Waals surface area (Å²) in [7, 11) is 4.63. The topological polar surface area (TPSA) is 48.0 Å². The Labute approximate surface area is 148 Å². The molecule has 1 amide bonds. The molecule has 0 fully saturated rings. The summed E-state index contributed by atoms with van der Waals surface area (Å²) in [5.74, 6) is 1.35. The lowest BCUT2D eigenvalue weighted by Gasteiger charge is -2.24. The van der Waals surface area contributed by atoms with Crippen LogP contribution in [0.3, 0.4) is 0 Å². The molecule has 0 N–H and O–H groups in total. The van der Waals surface area contributed by atoms with E-state index in [1.807, 2.05) is 17.0 Å². The molecule has 0 saturated heterocycles. The summed E-state index contributed by atoms with van der Waals surface area (Å²) in [6.07, 6.45) is 0.854. The van der Waals surface area contributed by atoms with Gasteiger partial charge in [-0.1, -0.05) is 17.7 Å². The number of carbonyl (C=O) groups excluding carboxylic acids is 1. The Hall–Kier alpha value is -2.69. The predicted molar refractivity (Wildman–Crippen MR) is 97.3 cm³/mol. The largest absolute Gasteiger partial charge is 0.493 e. The minimum absolute atomic E-state index is 0.0747. The third-order valence-electron chi connectivity index (χ3n) is 4.58. The summed E-state index contributed by atoms with van der Waals surface area (Å²) < 4.78 is 16.1. The molecule has 132 valence electrons. The van der Waals surface area contributed by atoms with Gasteiger partial charge >= 0.3 is 0 Å². The van der Waals surface area contributed by atoms with Crippen molar-refractivity contribution in [2.24, 2.45) is 0 Å². The average Bonchev–Trinajstić information content (AvgIpc) is 2.94. The molecule has 2 aromatic rings. The van der Waals surface area contributed by atoms with Crippen LogP contribution in [-0.2, 0) is 6.42 Å². The van der Waals surface area contributed by atoms with E-state index in [0.29, 0.717) is 22.8 Å². The van der Waals surface area contributed by atoms with Crippen LogP contribution in [0.15, 0.2) is 30.3 Å². The van der Waals surface area contributed by atoms with Crippen molar-refractivity contribution in [3.8, 4) is 17.2 Å². The highest BCUT2D eigenvalue weighted by Crippen LogP contribution is 2.40. The molecule has 0 saturated carbocycles. The van der Waals surface area contributed by atoms with Gasteiger partial charge in [-0.15, -0.1) is 0 Å². The number of rotatable bonds is 4. The molecule has 5 heteroatoms. The molecule has 0 aromatic heterocycles. The molecule has 0 spiro atoms. The zero-order chi connectivity index (χ0) is 18.1. The minimum atomic E-state index is -0.0747. The molecule has 1 unspecified atom stereocenters.